The molecule has 0 saturated heterocycles. The Kier molecular flexibility index (Phi) is 2.80. The third-order valence-electron chi connectivity index (χ3n) is 4.78. The normalized spacial score (nSPS) is 28.5. The summed E-state index contributed by atoms with van der Waals surface area (Å²) in [5.41, 5.74) is 1.22. The van der Waals surface area contributed by atoms with E-state index < -0.39 is 10.0 Å². The van der Waals surface area contributed by atoms with Gasteiger partial charge in [0.1, 0.15) is 6.29 Å². The van der Waals surface area contributed by atoms with Crippen molar-refractivity contribution in [2.45, 2.75) is 36.5 Å². The average molecular weight is 279 g/mol. The zero-order valence-corrected chi connectivity index (χ0v) is 11.4. The molecule has 4 nitrogen and oxygen atoms in total. The molecule has 0 amide bonds. The molecular formula is C14H17NO3S. The minimum absolute atomic E-state index is 0.107. The topological polar surface area (TPSA) is 77.2 Å². The van der Waals surface area contributed by atoms with Crippen molar-refractivity contribution in [3.63, 3.8) is 0 Å². The van der Waals surface area contributed by atoms with Crippen LogP contribution in [0.4, 0.5) is 0 Å². The van der Waals surface area contributed by atoms with E-state index in [1.807, 2.05) is 0 Å². The highest BCUT2D eigenvalue weighted by atomic mass is 32.2. The van der Waals surface area contributed by atoms with Gasteiger partial charge in [-0.25, -0.2) is 13.6 Å². The zero-order chi connectivity index (χ0) is 13.7. The van der Waals surface area contributed by atoms with Gasteiger partial charge in [0, 0.05) is 11.8 Å². The van der Waals surface area contributed by atoms with Crippen LogP contribution in [0.5, 0.6) is 0 Å². The molecular weight excluding hydrogens is 262 g/mol. The van der Waals surface area contributed by atoms with Gasteiger partial charge in [-0.2, -0.15) is 0 Å². The Morgan fingerprint density at radius 3 is 2.21 bits per heavy atom. The lowest BCUT2D eigenvalue weighted by Crippen LogP contribution is -2.11. The van der Waals surface area contributed by atoms with Crippen molar-refractivity contribution in [1.29, 1.82) is 0 Å². The van der Waals surface area contributed by atoms with E-state index in [0.29, 0.717) is 0 Å². The van der Waals surface area contributed by atoms with E-state index in [4.69, 9.17) is 5.14 Å². The van der Waals surface area contributed by atoms with Gasteiger partial charge in [-0.3, -0.25) is 0 Å². The number of hydrogen-bond acceptors (Lipinski definition) is 3. The van der Waals surface area contributed by atoms with Crippen LogP contribution in [0, 0.1) is 11.3 Å². The van der Waals surface area contributed by atoms with Crippen LogP contribution < -0.4 is 5.14 Å². The van der Waals surface area contributed by atoms with Crippen LogP contribution in [-0.2, 0) is 14.8 Å². The van der Waals surface area contributed by atoms with Crippen molar-refractivity contribution < 1.29 is 13.2 Å². The molecule has 19 heavy (non-hydrogen) atoms. The fraction of sp³-hybridized carbons (Fsp3) is 0.500. The highest BCUT2D eigenvalue weighted by molar-refractivity contribution is 7.89. The fourth-order valence-corrected chi connectivity index (χ4v) is 4.33. The standard InChI is InChI=1S/C14H17NO3S/c15-19(17,18)11-5-3-10(4-6-11)13-12(9-16)14(13)7-1-2-8-14/h3-6,9,12-13H,1-2,7-8H2,(H2,15,17,18)/t12-,13-/m1/s1. The van der Waals surface area contributed by atoms with E-state index in [2.05, 4.69) is 0 Å². The minimum Gasteiger partial charge on any atom is -0.303 e. The minimum atomic E-state index is -3.64. The summed E-state index contributed by atoms with van der Waals surface area (Å²) in [5, 5.41) is 5.08. The third-order valence-corrected chi connectivity index (χ3v) is 5.71. The molecule has 0 unspecified atom stereocenters. The lowest BCUT2D eigenvalue weighted by Gasteiger charge is -2.08. The van der Waals surface area contributed by atoms with Crippen LogP contribution in [-0.4, -0.2) is 14.7 Å². The lowest BCUT2D eigenvalue weighted by atomic mass is 9.97. The van der Waals surface area contributed by atoms with Crippen LogP contribution in [0.3, 0.4) is 0 Å². The molecule has 1 spiro atoms. The van der Waals surface area contributed by atoms with Gasteiger partial charge in [0.25, 0.3) is 0 Å². The molecule has 0 heterocycles. The molecule has 0 aliphatic heterocycles. The summed E-state index contributed by atoms with van der Waals surface area (Å²) in [5.74, 6) is 0.373. The Morgan fingerprint density at radius 1 is 1.16 bits per heavy atom. The van der Waals surface area contributed by atoms with E-state index in [1.165, 1.54) is 25.0 Å². The van der Waals surface area contributed by atoms with Crippen molar-refractivity contribution in [2.24, 2.45) is 16.5 Å². The predicted octanol–water partition coefficient (Wildman–Crippen LogP) is 1.81. The monoisotopic (exact) mass is 279 g/mol. The third kappa shape index (κ3) is 1.92. The zero-order valence-electron chi connectivity index (χ0n) is 10.6. The van der Waals surface area contributed by atoms with Crippen LogP contribution in [0.15, 0.2) is 29.2 Å². The molecule has 2 N–H and O–H groups in total. The average Bonchev–Trinajstić information content (AvgIpc) is 2.72. The molecule has 1 aromatic rings. The molecule has 0 radical (unpaired) electrons. The number of benzene rings is 1. The van der Waals surface area contributed by atoms with Crippen LogP contribution in [0.1, 0.15) is 37.2 Å². The Morgan fingerprint density at radius 2 is 1.74 bits per heavy atom. The maximum absolute atomic E-state index is 11.2. The molecule has 3 rings (SSSR count). The molecule has 2 aliphatic rings. The first-order valence-corrected chi connectivity index (χ1v) is 8.12. The van der Waals surface area contributed by atoms with Crippen molar-refractivity contribution in [2.75, 3.05) is 0 Å². The molecule has 0 bridgehead atoms. The van der Waals surface area contributed by atoms with Gasteiger partial charge in [-0.15, -0.1) is 0 Å². The number of nitrogens with two attached hydrogens (primary N) is 1. The van der Waals surface area contributed by atoms with E-state index in [0.717, 1.165) is 24.7 Å². The number of carbonyl (C=O) groups excluding carboxylic acids is 1. The first kappa shape index (κ1) is 12.8. The number of rotatable bonds is 3. The molecule has 2 saturated carbocycles. The second-order valence-electron chi connectivity index (χ2n) is 5.69. The first-order chi connectivity index (χ1) is 8.99. The van der Waals surface area contributed by atoms with Gasteiger partial charge in [0.05, 0.1) is 4.90 Å². The molecule has 1 aromatic carbocycles. The number of primary sulfonamides is 1. The molecule has 2 atom stereocenters. The summed E-state index contributed by atoms with van der Waals surface area (Å²) in [6.45, 7) is 0. The molecule has 2 fully saturated rings. The number of sulfonamides is 1. The maximum Gasteiger partial charge on any atom is 0.238 e. The van der Waals surface area contributed by atoms with Gasteiger partial charge >= 0.3 is 0 Å². The lowest BCUT2D eigenvalue weighted by molar-refractivity contribution is -0.109. The summed E-state index contributed by atoms with van der Waals surface area (Å²) in [6, 6.07) is 6.67. The van der Waals surface area contributed by atoms with E-state index in [1.54, 1.807) is 12.1 Å². The highest BCUT2D eigenvalue weighted by Crippen LogP contribution is 2.71. The number of hydrogen-bond donors (Lipinski definition) is 1. The summed E-state index contributed by atoms with van der Waals surface area (Å²) in [6.07, 6.45) is 5.67. The fourth-order valence-electron chi connectivity index (χ4n) is 3.82. The van der Waals surface area contributed by atoms with Crippen molar-refractivity contribution in [3.05, 3.63) is 29.8 Å². The largest absolute Gasteiger partial charge is 0.303 e. The quantitative estimate of drug-likeness (QED) is 0.857. The maximum atomic E-state index is 11.2. The predicted molar refractivity (Wildman–Crippen MR) is 71.0 cm³/mol. The molecule has 0 aromatic heterocycles. The number of aldehydes is 1. The Balaban J connectivity index is 1.90. The van der Waals surface area contributed by atoms with E-state index in [-0.39, 0.29) is 22.1 Å². The first-order valence-electron chi connectivity index (χ1n) is 6.57. The van der Waals surface area contributed by atoms with E-state index >= 15 is 0 Å². The Labute approximate surface area is 113 Å². The van der Waals surface area contributed by atoms with Crippen LogP contribution in [0.25, 0.3) is 0 Å². The summed E-state index contributed by atoms with van der Waals surface area (Å²) in [7, 11) is -3.64. The second-order valence-corrected chi connectivity index (χ2v) is 7.26. The highest BCUT2D eigenvalue weighted by Gasteiger charge is 2.65. The molecule has 5 heteroatoms. The van der Waals surface area contributed by atoms with Crippen molar-refractivity contribution >= 4 is 16.3 Å². The van der Waals surface area contributed by atoms with Crippen molar-refractivity contribution in [1.82, 2.24) is 0 Å². The molecule has 2 aliphatic carbocycles. The Hall–Kier alpha value is -1.20. The van der Waals surface area contributed by atoms with Gasteiger partial charge in [0.15, 0.2) is 0 Å². The second kappa shape index (κ2) is 4.15. The van der Waals surface area contributed by atoms with Gasteiger partial charge < -0.3 is 4.79 Å². The van der Waals surface area contributed by atoms with Gasteiger partial charge in [-0.05, 0) is 36.0 Å². The van der Waals surface area contributed by atoms with Gasteiger partial charge in [-0.1, -0.05) is 25.0 Å². The van der Waals surface area contributed by atoms with Crippen LogP contribution in [0.2, 0.25) is 0 Å². The van der Waals surface area contributed by atoms with Crippen LogP contribution >= 0.6 is 0 Å². The Bertz CT molecular complexity index is 600. The van der Waals surface area contributed by atoms with Gasteiger partial charge in [0.2, 0.25) is 10.0 Å². The SMILES string of the molecule is NS(=O)(=O)c1ccc([C@@H]2[C@@H](C=O)C23CCCC3)cc1. The van der Waals surface area contributed by atoms with Crippen molar-refractivity contribution in [3.8, 4) is 0 Å². The summed E-state index contributed by atoms with van der Waals surface area (Å²) in [4.78, 5) is 11.3. The smallest absolute Gasteiger partial charge is 0.238 e. The van der Waals surface area contributed by atoms with E-state index in [9.17, 15) is 13.2 Å². The molecule has 102 valence electrons. The number of carbonyl (C=O) groups is 1. The summed E-state index contributed by atoms with van der Waals surface area (Å²) >= 11 is 0. The summed E-state index contributed by atoms with van der Waals surface area (Å²) < 4.78 is 22.4.